The van der Waals surface area contributed by atoms with Gasteiger partial charge in [-0.05, 0) is 6.42 Å². The van der Waals surface area contributed by atoms with Gasteiger partial charge in [-0.15, -0.1) is 0 Å². The summed E-state index contributed by atoms with van der Waals surface area (Å²) in [6, 6.07) is 0. The molecule has 0 aromatic carbocycles. The van der Waals surface area contributed by atoms with Crippen molar-refractivity contribution in [1.82, 2.24) is 15.0 Å². The van der Waals surface area contributed by atoms with Gasteiger partial charge in [-0.1, -0.05) is 37.9 Å². The molecule has 1 heterocycles. The molecule has 90 valence electrons. The first-order chi connectivity index (χ1) is 7.76. The highest BCUT2D eigenvalue weighted by atomic mass is 32.2. The van der Waals surface area contributed by atoms with Gasteiger partial charge in [0.05, 0.1) is 0 Å². The second kappa shape index (κ2) is 7.27. The lowest BCUT2D eigenvalue weighted by Crippen LogP contribution is -2.04. The summed E-state index contributed by atoms with van der Waals surface area (Å²) in [5, 5.41) is 3.57. The Balaban J connectivity index is 2.38. The smallest absolute Gasteiger partial charge is 0.228 e. The Bertz CT molecular complexity index is 318. The van der Waals surface area contributed by atoms with E-state index in [9.17, 15) is 0 Å². The Hall–Kier alpha value is -1.04. The largest absolute Gasteiger partial charge is 0.368 e. The molecule has 0 atom stereocenters. The maximum absolute atomic E-state index is 5.57. The molecule has 6 heteroatoms. The van der Waals surface area contributed by atoms with Crippen LogP contribution in [0, 0.1) is 0 Å². The monoisotopic (exact) mass is 241 g/mol. The number of thioether (sulfide) groups is 1. The van der Waals surface area contributed by atoms with Crippen molar-refractivity contribution in [3.8, 4) is 0 Å². The molecule has 3 N–H and O–H groups in total. The van der Waals surface area contributed by atoms with E-state index < -0.39 is 0 Å². The predicted octanol–water partition coefficient (Wildman–Crippen LogP) is 2.17. The highest BCUT2D eigenvalue weighted by Gasteiger charge is 2.03. The average Bonchev–Trinajstić information content (AvgIpc) is 2.28. The van der Waals surface area contributed by atoms with Crippen LogP contribution in [0.3, 0.4) is 0 Å². The molecule has 0 fully saturated rings. The minimum atomic E-state index is 0.274. The minimum Gasteiger partial charge on any atom is -0.368 e. The van der Waals surface area contributed by atoms with Crippen molar-refractivity contribution in [1.29, 1.82) is 0 Å². The summed E-state index contributed by atoms with van der Waals surface area (Å²) in [5.41, 5.74) is 5.57. The van der Waals surface area contributed by atoms with Gasteiger partial charge in [0.2, 0.25) is 11.9 Å². The number of nitrogen functional groups attached to an aromatic ring is 1. The molecule has 0 saturated carbocycles. The SMILES string of the molecule is CCCCCCSc1nc(N)nc(NC)n1. The number of rotatable bonds is 7. The van der Waals surface area contributed by atoms with Crippen molar-refractivity contribution >= 4 is 23.7 Å². The van der Waals surface area contributed by atoms with Gasteiger partial charge in [-0.2, -0.15) is 15.0 Å². The molecule has 0 saturated heterocycles. The molecular weight excluding hydrogens is 222 g/mol. The van der Waals surface area contributed by atoms with Crippen molar-refractivity contribution < 1.29 is 0 Å². The second-order valence-electron chi connectivity index (χ2n) is 3.46. The summed E-state index contributed by atoms with van der Waals surface area (Å²) < 4.78 is 0. The van der Waals surface area contributed by atoms with Crippen LogP contribution in [0.5, 0.6) is 0 Å². The van der Waals surface area contributed by atoms with Gasteiger partial charge in [-0.3, -0.25) is 0 Å². The van der Waals surface area contributed by atoms with Gasteiger partial charge in [0, 0.05) is 12.8 Å². The van der Waals surface area contributed by atoms with E-state index >= 15 is 0 Å². The van der Waals surface area contributed by atoms with Crippen LogP contribution in [0.4, 0.5) is 11.9 Å². The molecular formula is C10H19N5S. The fourth-order valence-corrected chi connectivity index (χ4v) is 2.08. The lowest BCUT2D eigenvalue weighted by Gasteiger charge is -2.03. The first-order valence-electron chi connectivity index (χ1n) is 5.58. The fourth-order valence-electron chi connectivity index (χ4n) is 1.24. The highest BCUT2D eigenvalue weighted by molar-refractivity contribution is 7.99. The van der Waals surface area contributed by atoms with Crippen molar-refractivity contribution in [2.45, 2.75) is 37.8 Å². The molecule has 16 heavy (non-hydrogen) atoms. The van der Waals surface area contributed by atoms with Gasteiger partial charge < -0.3 is 11.1 Å². The molecule has 0 aliphatic carbocycles. The van der Waals surface area contributed by atoms with E-state index in [2.05, 4.69) is 27.2 Å². The van der Waals surface area contributed by atoms with Crippen LogP contribution < -0.4 is 11.1 Å². The highest BCUT2D eigenvalue weighted by Crippen LogP contribution is 2.17. The van der Waals surface area contributed by atoms with Gasteiger partial charge in [0.25, 0.3) is 0 Å². The summed E-state index contributed by atoms with van der Waals surface area (Å²) in [7, 11) is 1.77. The summed E-state index contributed by atoms with van der Waals surface area (Å²) in [4.78, 5) is 12.2. The molecule has 0 aliphatic heterocycles. The average molecular weight is 241 g/mol. The van der Waals surface area contributed by atoms with E-state index in [0.29, 0.717) is 11.1 Å². The second-order valence-corrected chi connectivity index (χ2v) is 4.52. The summed E-state index contributed by atoms with van der Waals surface area (Å²) in [6.07, 6.45) is 5.01. The van der Waals surface area contributed by atoms with Gasteiger partial charge in [0.15, 0.2) is 5.16 Å². The third kappa shape index (κ3) is 4.65. The number of nitrogens with zero attached hydrogens (tertiary/aromatic N) is 3. The first kappa shape index (κ1) is 13.0. The molecule has 0 spiro atoms. The molecule has 1 rings (SSSR count). The molecule has 0 unspecified atom stereocenters. The number of hydrogen-bond donors (Lipinski definition) is 2. The molecule has 5 nitrogen and oxygen atoms in total. The van der Waals surface area contributed by atoms with Gasteiger partial charge >= 0.3 is 0 Å². The summed E-state index contributed by atoms with van der Waals surface area (Å²) in [5.74, 6) is 1.84. The molecule has 0 radical (unpaired) electrons. The quantitative estimate of drug-likeness (QED) is 0.563. The summed E-state index contributed by atoms with van der Waals surface area (Å²) >= 11 is 1.63. The van der Waals surface area contributed by atoms with Crippen molar-refractivity contribution in [2.75, 3.05) is 23.9 Å². The Morgan fingerprint density at radius 3 is 2.69 bits per heavy atom. The summed E-state index contributed by atoms with van der Waals surface area (Å²) in [6.45, 7) is 2.21. The first-order valence-corrected chi connectivity index (χ1v) is 6.57. The van der Waals surface area contributed by atoms with E-state index in [0.717, 1.165) is 5.75 Å². The zero-order valence-electron chi connectivity index (χ0n) is 9.86. The van der Waals surface area contributed by atoms with Crippen LogP contribution in [0.15, 0.2) is 5.16 Å². The molecule has 0 amide bonds. The molecule has 0 aliphatic rings. The van der Waals surface area contributed by atoms with Crippen LogP contribution in [0.25, 0.3) is 0 Å². The molecule has 1 aromatic heterocycles. The number of nitrogens with one attached hydrogen (secondary N) is 1. The number of unbranched alkanes of at least 4 members (excludes halogenated alkanes) is 3. The number of anilines is 2. The third-order valence-electron chi connectivity index (χ3n) is 2.08. The van der Waals surface area contributed by atoms with E-state index in [-0.39, 0.29) is 5.95 Å². The minimum absolute atomic E-state index is 0.274. The fraction of sp³-hybridized carbons (Fsp3) is 0.700. The van der Waals surface area contributed by atoms with E-state index in [1.54, 1.807) is 18.8 Å². The standard InChI is InChI=1S/C10H19N5S/c1-3-4-5-6-7-16-10-14-8(11)13-9(12-2)15-10/h3-7H2,1-2H3,(H3,11,12,13,14,15). The topological polar surface area (TPSA) is 76.7 Å². The zero-order valence-corrected chi connectivity index (χ0v) is 10.7. The third-order valence-corrected chi connectivity index (χ3v) is 3.02. The lowest BCUT2D eigenvalue weighted by molar-refractivity contribution is 0.706. The van der Waals surface area contributed by atoms with Crippen LogP contribution in [0.2, 0.25) is 0 Å². The van der Waals surface area contributed by atoms with Crippen LogP contribution in [-0.4, -0.2) is 27.8 Å². The Morgan fingerprint density at radius 1 is 1.19 bits per heavy atom. The van der Waals surface area contributed by atoms with Crippen LogP contribution >= 0.6 is 11.8 Å². The van der Waals surface area contributed by atoms with Crippen LogP contribution in [-0.2, 0) is 0 Å². The number of aromatic nitrogens is 3. The van der Waals surface area contributed by atoms with E-state index in [4.69, 9.17) is 5.73 Å². The predicted molar refractivity (Wildman–Crippen MR) is 68.7 cm³/mol. The molecule has 0 bridgehead atoms. The van der Waals surface area contributed by atoms with Crippen molar-refractivity contribution in [3.63, 3.8) is 0 Å². The Morgan fingerprint density at radius 2 is 2.00 bits per heavy atom. The van der Waals surface area contributed by atoms with Crippen molar-refractivity contribution in [2.24, 2.45) is 0 Å². The Kier molecular flexibility index (Phi) is 5.92. The number of hydrogen-bond acceptors (Lipinski definition) is 6. The van der Waals surface area contributed by atoms with E-state index in [1.165, 1.54) is 25.7 Å². The maximum atomic E-state index is 5.57. The maximum Gasteiger partial charge on any atom is 0.228 e. The molecule has 1 aromatic rings. The normalized spacial score (nSPS) is 10.4. The van der Waals surface area contributed by atoms with Gasteiger partial charge in [-0.25, -0.2) is 0 Å². The van der Waals surface area contributed by atoms with Crippen LogP contribution in [0.1, 0.15) is 32.6 Å². The zero-order chi connectivity index (χ0) is 11.8. The van der Waals surface area contributed by atoms with E-state index in [1.807, 2.05) is 0 Å². The van der Waals surface area contributed by atoms with Crippen molar-refractivity contribution in [3.05, 3.63) is 0 Å². The lowest BCUT2D eigenvalue weighted by atomic mass is 10.2. The number of nitrogens with two attached hydrogens (primary N) is 1. The Labute approximate surface area is 101 Å². The van der Waals surface area contributed by atoms with Gasteiger partial charge in [0.1, 0.15) is 0 Å².